The Kier molecular flexibility index (Phi) is 5.14. The van der Waals surface area contributed by atoms with Crippen LogP contribution < -0.4 is 5.32 Å². The van der Waals surface area contributed by atoms with Crippen molar-refractivity contribution in [2.75, 3.05) is 12.4 Å². The maximum atomic E-state index is 12.6. The van der Waals surface area contributed by atoms with E-state index in [9.17, 15) is 4.79 Å². The van der Waals surface area contributed by atoms with Gasteiger partial charge in [-0.15, -0.1) is 11.3 Å². The van der Waals surface area contributed by atoms with Crippen molar-refractivity contribution < 1.29 is 4.79 Å². The predicted octanol–water partition coefficient (Wildman–Crippen LogP) is 4.41. The molecule has 1 aromatic carbocycles. The number of carbonyl (C=O) groups excluding carboxylic acids is 1. The lowest BCUT2D eigenvalue weighted by atomic mass is 10.1. The normalized spacial score (nSPS) is 12.5. The number of amides is 1. The summed E-state index contributed by atoms with van der Waals surface area (Å²) >= 11 is 7.50. The highest BCUT2D eigenvalue weighted by Crippen LogP contribution is 2.24. The van der Waals surface area contributed by atoms with Crippen molar-refractivity contribution in [2.24, 2.45) is 0 Å². The molecule has 0 unspecified atom stereocenters. The van der Waals surface area contributed by atoms with Crippen LogP contribution in [0.3, 0.4) is 0 Å². The van der Waals surface area contributed by atoms with Gasteiger partial charge in [0, 0.05) is 23.0 Å². The third kappa shape index (κ3) is 3.75. The summed E-state index contributed by atoms with van der Waals surface area (Å²) in [7, 11) is 1.93. The van der Waals surface area contributed by atoms with Crippen molar-refractivity contribution in [1.29, 1.82) is 0 Å². The fraction of sp³-hybridized carbons (Fsp3) is 0.222. The van der Waals surface area contributed by atoms with Gasteiger partial charge in [0.2, 0.25) is 5.91 Å². The third-order valence-electron chi connectivity index (χ3n) is 3.98. The average molecular weight is 360 g/mol. The molecular formula is C18H18ClN3OS. The second-order valence-electron chi connectivity index (χ2n) is 5.66. The van der Waals surface area contributed by atoms with Gasteiger partial charge in [-0.25, -0.2) is 0 Å². The van der Waals surface area contributed by atoms with Crippen LogP contribution in [0.2, 0.25) is 4.34 Å². The van der Waals surface area contributed by atoms with E-state index in [0.29, 0.717) is 6.54 Å². The van der Waals surface area contributed by atoms with Crippen LogP contribution in [-0.4, -0.2) is 28.9 Å². The van der Waals surface area contributed by atoms with Gasteiger partial charge in [0.25, 0.3) is 0 Å². The summed E-state index contributed by atoms with van der Waals surface area (Å²) in [6, 6.07) is 13.2. The van der Waals surface area contributed by atoms with Gasteiger partial charge in [0.15, 0.2) is 0 Å². The molecule has 6 heteroatoms. The van der Waals surface area contributed by atoms with Gasteiger partial charge in [0.1, 0.15) is 0 Å². The summed E-state index contributed by atoms with van der Waals surface area (Å²) in [5.74, 6) is -0.0449. The summed E-state index contributed by atoms with van der Waals surface area (Å²) in [6.07, 6.45) is 1.75. The molecule has 3 aromatic rings. The maximum Gasteiger partial charge on any atom is 0.241 e. The highest BCUT2D eigenvalue weighted by Gasteiger charge is 2.19. The number of benzene rings is 1. The first kappa shape index (κ1) is 16.9. The Morgan fingerprint density at radius 1 is 1.29 bits per heavy atom. The molecule has 24 heavy (non-hydrogen) atoms. The van der Waals surface area contributed by atoms with E-state index >= 15 is 0 Å². The Bertz CT molecular complexity index is 859. The van der Waals surface area contributed by atoms with E-state index in [1.54, 1.807) is 6.20 Å². The van der Waals surface area contributed by atoms with E-state index in [-0.39, 0.29) is 11.9 Å². The molecular weight excluding hydrogens is 342 g/mol. The van der Waals surface area contributed by atoms with Crippen LogP contribution in [0.25, 0.3) is 10.9 Å². The van der Waals surface area contributed by atoms with Gasteiger partial charge in [-0.1, -0.05) is 17.7 Å². The number of nitrogens with zero attached hydrogens (tertiary/aromatic N) is 2. The Morgan fingerprint density at radius 3 is 2.88 bits per heavy atom. The molecule has 124 valence electrons. The lowest BCUT2D eigenvalue weighted by Gasteiger charge is -2.23. The summed E-state index contributed by atoms with van der Waals surface area (Å²) in [5.41, 5.74) is 1.65. The number of hydrogen-bond acceptors (Lipinski definition) is 4. The number of anilines is 1. The fourth-order valence-corrected chi connectivity index (χ4v) is 3.62. The van der Waals surface area contributed by atoms with Crippen LogP contribution in [0.4, 0.5) is 5.69 Å². The van der Waals surface area contributed by atoms with Crippen molar-refractivity contribution in [2.45, 2.75) is 19.5 Å². The largest absolute Gasteiger partial charge is 0.324 e. The van der Waals surface area contributed by atoms with E-state index in [4.69, 9.17) is 11.6 Å². The Morgan fingerprint density at radius 2 is 2.12 bits per heavy atom. The van der Waals surface area contributed by atoms with Gasteiger partial charge in [-0.3, -0.25) is 14.7 Å². The van der Waals surface area contributed by atoms with Crippen LogP contribution in [-0.2, 0) is 11.3 Å². The standard InChI is InChI=1S/C18H18ClN3OS/c1-12(22(2)11-13-8-9-17(19)24-13)18(23)21-16-7-3-6-15-14(16)5-4-10-20-15/h3-10,12H,11H2,1-2H3,(H,21,23)/t12-/m1/s1. The quantitative estimate of drug-likeness (QED) is 0.734. The lowest BCUT2D eigenvalue weighted by Crippen LogP contribution is -2.39. The first-order valence-electron chi connectivity index (χ1n) is 7.63. The molecule has 0 aliphatic rings. The van der Waals surface area contributed by atoms with Gasteiger partial charge < -0.3 is 5.32 Å². The van der Waals surface area contributed by atoms with Crippen LogP contribution in [0.5, 0.6) is 0 Å². The first-order valence-corrected chi connectivity index (χ1v) is 8.83. The number of fused-ring (bicyclic) bond motifs is 1. The average Bonchev–Trinajstić information content (AvgIpc) is 2.99. The minimum atomic E-state index is -0.266. The first-order chi connectivity index (χ1) is 11.5. The number of rotatable bonds is 5. The Labute approximate surface area is 150 Å². The molecule has 0 aliphatic carbocycles. The molecule has 4 nitrogen and oxygen atoms in total. The predicted molar refractivity (Wildman–Crippen MR) is 101 cm³/mol. The molecule has 2 aromatic heterocycles. The summed E-state index contributed by atoms with van der Waals surface area (Å²) < 4.78 is 0.763. The molecule has 2 heterocycles. The van der Waals surface area contributed by atoms with E-state index in [1.807, 2.05) is 61.3 Å². The molecule has 0 radical (unpaired) electrons. The van der Waals surface area contributed by atoms with Gasteiger partial charge in [0.05, 0.1) is 21.6 Å². The minimum Gasteiger partial charge on any atom is -0.324 e. The maximum absolute atomic E-state index is 12.6. The molecule has 3 rings (SSSR count). The SMILES string of the molecule is C[C@H](C(=O)Nc1cccc2ncccc12)N(C)Cc1ccc(Cl)s1. The zero-order chi connectivity index (χ0) is 17.1. The van der Waals surface area contributed by atoms with Crippen molar-refractivity contribution in [3.8, 4) is 0 Å². The van der Waals surface area contributed by atoms with Crippen LogP contribution in [0.15, 0.2) is 48.7 Å². The second-order valence-corrected chi connectivity index (χ2v) is 7.46. The number of nitrogens with one attached hydrogen (secondary N) is 1. The molecule has 0 aliphatic heterocycles. The smallest absolute Gasteiger partial charge is 0.241 e. The highest BCUT2D eigenvalue weighted by molar-refractivity contribution is 7.16. The minimum absolute atomic E-state index is 0.0449. The van der Waals surface area contributed by atoms with Gasteiger partial charge in [-0.05, 0) is 50.4 Å². The molecule has 0 saturated heterocycles. The van der Waals surface area contributed by atoms with E-state index in [1.165, 1.54) is 11.3 Å². The van der Waals surface area contributed by atoms with E-state index in [0.717, 1.165) is 25.8 Å². The van der Waals surface area contributed by atoms with Gasteiger partial charge >= 0.3 is 0 Å². The number of halogens is 1. The highest BCUT2D eigenvalue weighted by atomic mass is 35.5. The van der Waals surface area contributed by atoms with E-state index in [2.05, 4.69) is 10.3 Å². The molecule has 0 fully saturated rings. The number of carbonyl (C=O) groups is 1. The summed E-state index contributed by atoms with van der Waals surface area (Å²) in [6.45, 7) is 2.58. The van der Waals surface area contributed by atoms with Crippen LogP contribution in [0.1, 0.15) is 11.8 Å². The Hall–Kier alpha value is -1.95. The van der Waals surface area contributed by atoms with Crippen molar-refractivity contribution >= 4 is 45.4 Å². The molecule has 0 bridgehead atoms. The third-order valence-corrected chi connectivity index (χ3v) is 5.19. The van der Waals surface area contributed by atoms with Gasteiger partial charge in [-0.2, -0.15) is 0 Å². The van der Waals surface area contributed by atoms with Crippen molar-refractivity contribution in [1.82, 2.24) is 9.88 Å². The number of pyridine rings is 1. The molecule has 0 spiro atoms. The van der Waals surface area contributed by atoms with Crippen LogP contribution in [0, 0.1) is 0 Å². The molecule has 1 N–H and O–H groups in total. The molecule has 1 amide bonds. The summed E-state index contributed by atoms with van der Waals surface area (Å²) in [4.78, 5) is 20.0. The topological polar surface area (TPSA) is 45.2 Å². The second kappa shape index (κ2) is 7.30. The Balaban J connectivity index is 1.71. The number of aromatic nitrogens is 1. The monoisotopic (exact) mass is 359 g/mol. The number of thiophene rings is 1. The number of hydrogen-bond donors (Lipinski definition) is 1. The van der Waals surface area contributed by atoms with E-state index < -0.39 is 0 Å². The fourth-order valence-electron chi connectivity index (χ4n) is 2.47. The summed E-state index contributed by atoms with van der Waals surface area (Å²) in [5, 5.41) is 3.95. The van der Waals surface area contributed by atoms with Crippen LogP contribution >= 0.6 is 22.9 Å². The zero-order valence-corrected chi connectivity index (χ0v) is 15.1. The molecule has 1 atom stereocenters. The van der Waals surface area contributed by atoms with Crippen molar-refractivity contribution in [3.63, 3.8) is 0 Å². The lowest BCUT2D eigenvalue weighted by molar-refractivity contribution is -0.120. The number of likely N-dealkylation sites (N-methyl/N-ethyl adjacent to an activating group) is 1. The molecule has 0 saturated carbocycles. The zero-order valence-electron chi connectivity index (χ0n) is 13.5. The van der Waals surface area contributed by atoms with Crippen molar-refractivity contribution in [3.05, 3.63) is 57.9 Å².